The maximum atomic E-state index is 13.8. The first kappa shape index (κ1) is 15.1. The first-order chi connectivity index (χ1) is 9.81. The minimum Gasteiger partial charge on any atom is -0.389 e. The van der Waals surface area contributed by atoms with E-state index in [-0.39, 0.29) is 28.2 Å². The van der Waals surface area contributed by atoms with Gasteiger partial charge >= 0.3 is 0 Å². The van der Waals surface area contributed by atoms with Gasteiger partial charge in [-0.15, -0.1) is 0 Å². The van der Waals surface area contributed by atoms with Crippen LogP contribution in [0, 0.1) is 19.7 Å². The van der Waals surface area contributed by atoms with E-state index in [0.717, 1.165) is 4.68 Å². The Kier molecular flexibility index (Phi) is 4.04. The van der Waals surface area contributed by atoms with Crippen molar-refractivity contribution in [2.45, 2.75) is 20.4 Å². The number of nitrogens with one attached hydrogen (secondary N) is 1. The van der Waals surface area contributed by atoms with Gasteiger partial charge in [-0.1, -0.05) is 12.2 Å². The number of rotatable bonds is 3. The zero-order valence-corrected chi connectivity index (χ0v) is 12.4. The molecule has 0 radical (unpaired) electrons. The van der Waals surface area contributed by atoms with Crippen LogP contribution in [0.5, 0.6) is 0 Å². The number of thiocarbonyl (C=S) groups is 1. The summed E-state index contributed by atoms with van der Waals surface area (Å²) in [5, 5.41) is 2.43. The number of halogens is 1. The molecule has 1 aromatic heterocycles. The molecular weight excluding hydrogens is 293 g/mol. The number of H-pyrrole nitrogens is 1. The fraction of sp³-hybridized carbons (Fsp3) is 0.214. The normalized spacial score (nSPS) is 10.6. The fourth-order valence-corrected chi connectivity index (χ4v) is 2.05. The largest absolute Gasteiger partial charge is 0.389 e. The Morgan fingerprint density at radius 3 is 2.62 bits per heavy atom. The lowest BCUT2D eigenvalue weighted by atomic mass is 10.1. The second kappa shape index (κ2) is 5.61. The summed E-state index contributed by atoms with van der Waals surface area (Å²) in [6, 6.07) is 4.17. The number of hydrogen-bond acceptors (Lipinski definition) is 3. The van der Waals surface area contributed by atoms with Crippen molar-refractivity contribution >= 4 is 17.2 Å². The van der Waals surface area contributed by atoms with Crippen LogP contribution in [-0.4, -0.2) is 14.8 Å². The maximum absolute atomic E-state index is 13.8. The van der Waals surface area contributed by atoms with E-state index >= 15 is 0 Å². The average molecular weight is 307 g/mol. The number of benzene rings is 1. The predicted molar refractivity (Wildman–Crippen MR) is 82.2 cm³/mol. The van der Waals surface area contributed by atoms with E-state index in [1.807, 2.05) is 0 Å². The van der Waals surface area contributed by atoms with Crippen LogP contribution in [0.15, 0.2) is 27.8 Å². The molecule has 0 spiro atoms. The smallest absolute Gasteiger partial charge is 0.268 e. The highest BCUT2D eigenvalue weighted by atomic mass is 32.1. The highest BCUT2D eigenvalue weighted by molar-refractivity contribution is 7.80. The number of nitrogens with two attached hydrogens (primary N) is 1. The molecule has 5 nitrogen and oxygen atoms in total. The topological polar surface area (TPSA) is 80.9 Å². The van der Waals surface area contributed by atoms with E-state index in [0.29, 0.717) is 16.7 Å². The Balaban J connectivity index is 2.53. The maximum Gasteiger partial charge on any atom is 0.268 e. The van der Waals surface area contributed by atoms with Crippen LogP contribution >= 0.6 is 12.2 Å². The van der Waals surface area contributed by atoms with E-state index in [2.05, 4.69) is 5.10 Å². The Labute approximate surface area is 125 Å². The lowest BCUT2D eigenvalue weighted by molar-refractivity contribution is 0.565. The first-order valence-electron chi connectivity index (χ1n) is 6.20. The van der Waals surface area contributed by atoms with Crippen molar-refractivity contribution in [3.05, 3.63) is 67.0 Å². The molecule has 0 atom stereocenters. The molecule has 0 saturated heterocycles. The van der Waals surface area contributed by atoms with E-state index in [9.17, 15) is 14.0 Å². The third kappa shape index (κ3) is 2.92. The summed E-state index contributed by atoms with van der Waals surface area (Å²) in [7, 11) is 0. The molecule has 3 N–H and O–H groups in total. The predicted octanol–water partition coefficient (Wildman–Crippen LogP) is 0.975. The van der Waals surface area contributed by atoms with Gasteiger partial charge in [-0.05, 0) is 32.0 Å². The van der Waals surface area contributed by atoms with Crippen LogP contribution in [-0.2, 0) is 6.54 Å². The van der Waals surface area contributed by atoms with Crippen LogP contribution in [0.4, 0.5) is 4.39 Å². The molecule has 21 heavy (non-hydrogen) atoms. The summed E-state index contributed by atoms with van der Waals surface area (Å²) >= 11 is 4.84. The summed E-state index contributed by atoms with van der Waals surface area (Å²) < 4.78 is 14.9. The SMILES string of the molecule is Cc1c(C)c(=O)n(Cc2cc(C(N)=S)ccc2F)[nH]c1=O. The number of nitrogens with zero attached hydrogens (tertiary/aromatic N) is 1. The number of aromatic amines is 1. The van der Waals surface area contributed by atoms with Gasteiger partial charge in [-0.3, -0.25) is 14.7 Å². The second-order valence-electron chi connectivity index (χ2n) is 4.75. The molecule has 0 amide bonds. The summed E-state index contributed by atoms with van der Waals surface area (Å²) in [6.45, 7) is 3.02. The van der Waals surface area contributed by atoms with Gasteiger partial charge in [0.2, 0.25) is 0 Å². The summed E-state index contributed by atoms with van der Waals surface area (Å²) in [6.07, 6.45) is 0. The van der Waals surface area contributed by atoms with Crippen LogP contribution in [0.1, 0.15) is 22.3 Å². The van der Waals surface area contributed by atoms with Gasteiger partial charge < -0.3 is 5.73 Å². The van der Waals surface area contributed by atoms with Gasteiger partial charge in [0, 0.05) is 22.3 Å². The van der Waals surface area contributed by atoms with Crippen LogP contribution < -0.4 is 16.9 Å². The van der Waals surface area contributed by atoms with Gasteiger partial charge in [0.25, 0.3) is 11.1 Å². The van der Waals surface area contributed by atoms with E-state index < -0.39 is 5.82 Å². The van der Waals surface area contributed by atoms with Crippen molar-refractivity contribution in [1.82, 2.24) is 9.78 Å². The van der Waals surface area contributed by atoms with Gasteiger partial charge in [0.15, 0.2) is 0 Å². The molecule has 0 bridgehead atoms. The Hall–Kier alpha value is -2.28. The standard InChI is InChI=1S/C14H14FN3O2S/c1-7-8(2)14(20)18(17-13(7)19)6-10-5-9(12(16)21)3-4-11(10)15/h3-5H,6H2,1-2H3,(H2,16,21)(H,17,19). The molecular formula is C14H14FN3O2S. The molecule has 0 fully saturated rings. The minimum atomic E-state index is -0.499. The van der Waals surface area contributed by atoms with Gasteiger partial charge in [-0.2, -0.15) is 0 Å². The van der Waals surface area contributed by atoms with E-state index in [4.69, 9.17) is 18.0 Å². The van der Waals surface area contributed by atoms with E-state index in [1.165, 1.54) is 18.2 Å². The third-order valence-corrected chi connectivity index (χ3v) is 3.60. The number of aromatic nitrogens is 2. The second-order valence-corrected chi connectivity index (χ2v) is 5.19. The van der Waals surface area contributed by atoms with Crippen LogP contribution in [0.25, 0.3) is 0 Å². The van der Waals surface area contributed by atoms with Crippen LogP contribution in [0.2, 0.25) is 0 Å². The molecule has 1 heterocycles. The molecule has 0 aliphatic heterocycles. The van der Waals surface area contributed by atoms with Gasteiger partial charge in [0.1, 0.15) is 10.8 Å². The summed E-state index contributed by atoms with van der Waals surface area (Å²) in [5.41, 5.74) is 6.18. The summed E-state index contributed by atoms with van der Waals surface area (Å²) in [4.78, 5) is 23.9. The quantitative estimate of drug-likeness (QED) is 0.828. The summed E-state index contributed by atoms with van der Waals surface area (Å²) in [5.74, 6) is -0.499. The Bertz CT molecular complexity index is 839. The van der Waals surface area contributed by atoms with Crippen molar-refractivity contribution in [1.29, 1.82) is 0 Å². The van der Waals surface area contributed by atoms with Gasteiger partial charge in [-0.25, -0.2) is 9.07 Å². The minimum absolute atomic E-state index is 0.0997. The lowest BCUT2D eigenvalue weighted by Crippen LogP contribution is -2.33. The highest BCUT2D eigenvalue weighted by Crippen LogP contribution is 2.11. The van der Waals surface area contributed by atoms with Crippen molar-refractivity contribution in [2.24, 2.45) is 5.73 Å². The molecule has 1 aromatic carbocycles. The van der Waals surface area contributed by atoms with Crippen molar-refractivity contribution < 1.29 is 4.39 Å². The highest BCUT2D eigenvalue weighted by Gasteiger charge is 2.11. The average Bonchev–Trinajstić information content (AvgIpc) is 2.44. The van der Waals surface area contributed by atoms with Gasteiger partial charge in [0.05, 0.1) is 6.54 Å². The molecule has 0 saturated carbocycles. The van der Waals surface area contributed by atoms with E-state index in [1.54, 1.807) is 13.8 Å². The third-order valence-electron chi connectivity index (χ3n) is 3.36. The molecule has 2 rings (SSSR count). The Morgan fingerprint density at radius 1 is 1.33 bits per heavy atom. The molecule has 0 aliphatic rings. The fourth-order valence-electron chi connectivity index (χ4n) is 1.92. The van der Waals surface area contributed by atoms with Crippen molar-refractivity contribution in [3.63, 3.8) is 0 Å². The molecule has 2 aromatic rings. The molecule has 0 aliphatic carbocycles. The van der Waals surface area contributed by atoms with Crippen molar-refractivity contribution in [3.8, 4) is 0 Å². The Morgan fingerprint density at radius 2 is 2.00 bits per heavy atom. The lowest BCUT2D eigenvalue weighted by Gasteiger charge is -2.10. The van der Waals surface area contributed by atoms with Crippen LogP contribution in [0.3, 0.4) is 0 Å². The zero-order chi connectivity index (χ0) is 15.7. The molecule has 110 valence electrons. The first-order valence-corrected chi connectivity index (χ1v) is 6.60. The number of hydrogen-bond donors (Lipinski definition) is 2. The zero-order valence-electron chi connectivity index (χ0n) is 11.6. The van der Waals surface area contributed by atoms with Crippen molar-refractivity contribution in [2.75, 3.05) is 0 Å². The monoisotopic (exact) mass is 307 g/mol. The molecule has 0 unspecified atom stereocenters. The molecule has 7 heteroatoms.